The van der Waals surface area contributed by atoms with Crippen molar-refractivity contribution in [2.45, 2.75) is 33.0 Å². The lowest BCUT2D eigenvalue weighted by molar-refractivity contribution is 0.306. The fourth-order valence-corrected chi connectivity index (χ4v) is 1.90. The molecule has 2 aromatic carbocycles. The fraction of sp³-hybridized carbons (Fsp3) is 0.294. The van der Waals surface area contributed by atoms with Crippen LogP contribution in [0.4, 0.5) is 0 Å². The molecule has 0 saturated carbocycles. The summed E-state index contributed by atoms with van der Waals surface area (Å²) in [5.41, 5.74) is 2.37. The van der Waals surface area contributed by atoms with E-state index in [1.165, 1.54) is 5.56 Å². The van der Waals surface area contributed by atoms with Gasteiger partial charge in [-0.05, 0) is 35.4 Å². The van der Waals surface area contributed by atoms with Crippen molar-refractivity contribution >= 4 is 11.6 Å². The molecule has 0 aliphatic carbocycles. The molecule has 3 heteroatoms. The molecule has 0 aromatic heterocycles. The Labute approximate surface area is 125 Å². The van der Waals surface area contributed by atoms with Crippen LogP contribution in [0.2, 0.25) is 5.02 Å². The summed E-state index contributed by atoms with van der Waals surface area (Å²) in [6.45, 7) is 5.73. The Bertz CT molecular complexity index is 520. The molecule has 0 spiro atoms. The van der Waals surface area contributed by atoms with Gasteiger partial charge in [0.2, 0.25) is 0 Å². The van der Waals surface area contributed by atoms with E-state index < -0.39 is 0 Å². The lowest BCUT2D eigenvalue weighted by Gasteiger charge is -2.10. The Morgan fingerprint density at radius 2 is 1.55 bits per heavy atom. The van der Waals surface area contributed by atoms with Crippen molar-refractivity contribution in [2.24, 2.45) is 0 Å². The standard InChI is InChI=1S/C17H20ClNO/c1-13(2)19-11-14-5-9-17(10-6-14)20-12-15-3-7-16(18)8-4-15/h3-10,13,19H,11-12H2,1-2H3. The third-order valence-corrected chi connectivity index (χ3v) is 3.21. The predicted octanol–water partition coefficient (Wildman–Crippen LogP) is 4.42. The lowest BCUT2D eigenvalue weighted by Crippen LogP contribution is -2.21. The predicted molar refractivity (Wildman–Crippen MR) is 84.2 cm³/mol. The molecule has 0 atom stereocenters. The zero-order valence-electron chi connectivity index (χ0n) is 11.9. The SMILES string of the molecule is CC(C)NCc1ccc(OCc2ccc(Cl)cc2)cc1. The maximum atomic E-state index is 5.85. The summed E-state index contributed by atoms with van der Waals surface area (Å²) in [5, 5.41) is 4.14. The summed E-state index contributed by atoms with van der Waals surface area (Å²) in [6.07, 6.45) is 0. The number of halogens is 1. The minimum atomic E-state index is 0.496. The molecule has 0 unspecified atom stereocenters. The zero-order valence-corrected chi connectivity index (χ0v) is 12.7. The van der Waals surface area contributed by atoms with Gasteiger partial charge in [-0.3, -0.25) is 0 Å². The Hall–Kier alpha value is -1.51. The average molecular weight is 290 g/mol. The summed E-state index contributed by atoms with van der Waals surface area (Å²) in [5.74, 6) is 0.883. The molecule has 0 fully saturated rings. The van der Waals surface area contributed by atoms with Crippen LogP contribution in [0.1, 0.15) is 25.0 Å². The van der Waals surface area contributed by atoms with Crippen molar-refractivity contribution in [3.8, 4) is 5.75 Å². The Morgan fingerprint density at radius 1 is 0.950 bits per heavy atom. The number of benzene rings is 2. The van der Waals surface area contributed by atoms with Crippen LogP contribution >= 0.6 is 11.6 Å². The largest absolute Gasteiger partial charge is 0.489 e. The summed E-state index contributed by atoms with van der Waals surface area (Å²) < 4.78 is 5.75. The van der Waals surface area contributed by atoms with Gasteiger partial charge in [0.1, 0.15) is 12.4 Å². The van der Waals surface area contributed by atoms with Crippen molar-refractivity contribution in [3.05, 3.63) is 64.7 Å². The zero-order chi connectivity index (χ0) is 14.4. The average Bonchev–Trinajstić information content (AvgIpc) is 2.45. The van der Waals surface area contributed by atoms with Gasteiger partial charge in [0.25, 0.3) is 0 Å². The van der Waals surface area contributed by atoms with E-state index >= 15 is 0 Å². The third kappa shape index (κ3) is 4.87. The van der Waals surface area contributed by atoms with E-state index in [1.807, 2.05) is 36.4 Å². The first-order valence-electron chi connectivity index (χ1n) is 6.83. The van der Waals surface area contributed by atoms with Gasteiger partial charge in [0, 0.05) is 17.6 Å². The van der Waals surface area contributed by atoms with Crippen molar-refractivity contribution in [1.29, 1.82) is 0 Å². The molecule has 0 heterocycles. The molecule has 0 radical (unpaired) electrons. The molecular formula is C17H20ClNO. The van der Waals surface area contributed by atoms with E-state index in [0.717, 1.165) is 22.9 Å². The monoisotopic (exact) mass is 289 g/mol. The lowest BCUT2D eigenvalue weighted by atomic mass is 10.2. The molecule has 0 aliphatic heterocycles. The highest BCUT2D eigenvalue weighted by atomic mass is 35.5. The molecule has 20 heavy (non-hydrogen) atoms. The molecule has 106 valence electrons. The van der Waals surface area contributed by atoms with Crippen LogP contribution in [0.3, 0.4) is 0 Å². The van der Waals surface area contributed by atoms with E-state index in [9.17, 15) is 0 Å². The summed E-state index contributed by atoms with van der Waals surface area (Å²) in [7, 11) is 0. The Balaban J connectivity index is 1.85. The highest BCUT2D eigenvalue weighted by Crippen LogP contribution is 2.15. The third-order valence-electron chi connectivity index (χ3n) is 2.96. The van der Waals surface area contributed by atoms with E-state index in [0.29, 0.717) is 12.6 Å². The van der Waals surface area contributed by atoms with Crippen molar-refractivity contribution < 1.29 is 4.74 Å². The molecule has 2 rings (SSSR count). The maximum absolute atomic E-state index is 5.85. The van der Waals surface area contributed by atoms with Crippen LogP contribution in [0.15, 0.2) is 48.5 Å². The van der Waals surface area contributed by atoms with Gasteiger partial charge in [-0.25, -0.2) is 0 Å². The summed E-state index contributed by atoms with van der Waals surface area (Å²) in [6, 6.07) is 16.4. The van der Waals surface area contributed by atoms with E-state index in [2.05, 4.69) is 31.3 Å². The quantitative estimate of drug-likeness (QED) is 0.850. The van der Waals surface area contributed by atoms with Gasteiger partial charge in [-0.1, -0.05) is 49.7 Å². The molecule has 2 nitrogen and oxygen atoms in total. The highest BCUT2D eigenvalue weighted by Gasteiger charge is 1.98. The molecule has 0 amide bonds. The van der Waals surface area contributed by atoms with E-state index in [-0.39, 0.29) is 0 Å². The van der Waals surface area contributed by atoms with Crippen LogP contribution in [-0.4, -0.2) is 6.04 Å². The highest BCUT2D eigenvalue weighted by molar-refractivity contribution is 6.30. The number of hydrogen-bond donors (Lipinski definition) is 1. The van der Waals surface area contributed by atoms with Crippen LogP contribution in [0, 0.1) is 0 Å². The topological polar surface area (TPSA) is 21.3 Å². The molecule has 0 saturated heterocycles. The van der Waals surface area contributed by atoms with Crippen LogP contribution in [0.25, 0.3) is 0 Å². The van der Waals surface area contributed by atoms with Crippen molar-refractivity contribution in [2.75, 3.05) is 0 Å². The molecule has 0 bridgehead atoms. The number of hydrogen-bond acceptors (Lipinski definition) is 2. The number of ether oxygens (including phenoxy) is 1. The van der Waals surface area contributed by atoms with E-state index in [1.54, 1.807) is 0 Å². The second-order valence-corrected chi connectivity index (χ2v) is 5.53. The van der Waals surface area contributed by atoms with Gasteiger partial charge in [0.15, 0.2) is 0 Å². The Morgan fingerprint density at radius 3 is 2.15 bits per heavy atom. The second-order valence-electron chi connectivity index (χ2n) is 5.09. The number of rotatable bonds is 6. The van der Waals surface area contributed by atoms with Gasteiger partial charge in [-0.2, -0.15) is 0 Å². The molecule has 1 N–H and O–H groups in total. The minimum Gasteiger partial charge on any atom is -0.489 e. The van der Waals surface area contributed by atoms with Crippen molar-refractivity contribution in [3.63, 3.8) is 0 Å². The van der Waals surface area contributed by atoms with Gasteiger partial charge in [0.05, 0.1) is 0 Å². The first-order chi connectivity index (χ1) is 9.63. The number of nitrogens with one attached hydrogen (secondary N) is 1. The van der Waals surface area contributed by atoms with Crippen LogP contribution < -0.4 is 10.1 Å². The normalized spacial score (nSPS) is 10.8. The molecule has 0 aliphatic rings. The second kappa shape index (κ2) is 7.32. The van der Waals surface area contributed by atoms with Crippen LogP contribution in [0.5, 0.6) is 5.75 Å². The van der Waals surface area contributed by atoms with Gasteiger partial charge >= 0.3 is 0 Å². The van der Waals surface area contributed by atoms with E-state index in [4.69, 9.17) is 16.3 Å². The summed E-state index contributed by atoms with van der Waals surface area (Å²) in [4.78, 5) is 0. The first kappa shape index (κ1) is 14.9. The first-order valence-corrected chi connectivity index (χ1v) is 7.21. The smallest absolute Gasteiger partial charge is 0.119 e. The van der Waals surface area contributed by atoms with Gasteiger partial charge in [-0.15, -0.1) is 0 Å². The van der Waals surface area contributed by atoms with Crippen LogP contribution in [-0.2, 0) is 13.2 Å². The molecule has 2 aromatic rings. The maximum Gasteiger partial charge on any atom is 0.119 e. The minimum absolute atomic E-state index is 0.496. The van der Waals surface area contributed by atoms with Crippen molar-refractivity contribution in [1.82, 2.24) is 5.32 Å². The summed E-state index contributed by atoms with van der Waals surface area (Å²) >= 11 is 5.85. The van der Waals surface area contributed by atoms with Gasteiger partial charge < -0.3 is 10.1 Å². The molecular weight excluding hydrogens is 270 g/mol. The fourth-order valence-electron chi connectivity index (χ4n) is 1.77. The Kier molecular flexibility index (Phi) is 5.45.